The van der Waals surface area contributed by atoms with Gasteiger partial charge in [-0.2, -0.15) is 0 Å². The van der Waals surface area contributed by atoms with Crippen LogP contribution in [0.1, 0.15) is 13.8 Å². The first kappa shape index (κ1) is 16.3. The van der Waals surface area contributed by atoms with Gasteiger partial charge in [0.25, 0.3) is 0 Å². The third-order valence-electron chi connectivity index (χ3n) is 4.25. The molecule has 5 nitrogen and oxygen atoms in total. The molecule has 0 unspecified atom stereocenters. The van der Waals surface area contributed by atoms with E-state index in [0.717, 1.165) is 31.9 Å². The van der Waals surface area contributed by atoms with Gasteiger partial charge in [-0.05, 0) is 38.5 Å². The molecule has 6 heteroatoms. The highest BCUT2D eigenvalue weighted by atomic mass is 16.5. The lowest BCUT2D eigenvalue weighted by atomic mass is 9.80. The van der Waals surface area contributed by atoms with Crippen LogP contribution < -0.4 is 10.2 Å². The maximum absolute atomic E-state index is 9.04. The Labute approximate surface area is 127 Å². The van der Waals surface area contributed by atoms with Crippen molar-refractivity contribution in [2.45, 2.75) is 19.4 Å². The molecular formula is C15H25BN2O3. The van der Waals surface area contributed by atoms with Gasteiger partial charge in [-0.25, -0.2) is 0 Å². The molecule has 116 valence electrons. The molecule has 0 atom stereocenters. The number of piperazine rings is 1. The standard InChI is InChI=1S/C15H25BN2O3/c1-15(2)12-18(9-8-17(15)3)10-11-21-14-6-4-13(5-7-14)16(19)20/h4-7,19-20H,8-12H2,1-3H3. The van der Waals surface area contributed by atoms with Gasteiger partial charge in [0.2, 0.25) is 0 Å². The van der Waals surface area contributed by atoms with E-state index in [1.807, 2.05) is 0 Å². The summed E-state index contributed by atoms with van der Waals surface area (Å²) >= 11 is 0. The van der Waals surface area contributed by atoms with Crippen molar-refractivity contribution >= 4 is 12.6 Å². The van der Waals surface area contributed by atoms with E-state index in [1.54, 1.807) is 24.3 Å². The molecule has 0 aromatic heterocycles. The van der Waals surface area contributed by atoms with Crippen LogP contribution in [0, 0.1) is 0 Å². The largest absolute Gasteiger partial charge is 0.492 e. The minimum absolute atomic E-state index is 0.206. The molecule has 1 heterocycles. The van der Waals surface area contributed by atoms with E-state index in [0.29, 0.717) is 12.1 Å². The first-order chi connectivity index (χ1) is 9.88. The van der Waals surface area contributed by atoms with Crippen molar-refractivity contribution in [2.24, 2.45) is 0 Å². The topological polar surface area (TPSA) is 56.2 Å². The van der Waals surface area contributed by atoms with Crippen molar-refractivity contribution in [1.29, 1.82) is 0 Å². The predicted octanol–water partition coefficient (Wildman–Crippen LogP) is -0.229. The van der Waals surface area contributed by atoms with Crippen LogP contribution in [0.25, 0.3) is 0 Å². The monoisotopic (exact) mass is 292 g/mol. The highest BCUT2D eigenvalue weighted by Gasteiger charge is 2.30. The van der Waals surface area contributed by atoms with Gasteiger partial charge in [0.05, 0.1) is 0 Å². The van der Waals surface area contributed by atoms with Crippen LogP contribution in [0.2, 0.25) is 0 Å². The van der Waals surface area contributed by atoms with Gasteiger partial charge in [-0.1, -0.05) is 12.1 Å². The van der Waals surface area contributed by atoms with Crippen molar-refractivity contribution in [3.63, 3.8) is 0 Å². The molecule has 0 radical (unpaired) electrons. The van der Waals surface area contributed by atoms with Crippen molar-refractivity contribution in [1.82, 2.24) is 9.80 Å². The summed E-state index contributed by atoms with van der Waals surface area (Å²) in [6.45, 7) is 9.26. The number of rotatable bonds is 5. The zero-order chi connectivity index (χ0) is 15.5. The molecular weight excluding hydrogens is 267 g/mol. The number of hydrogen-bond acceptors (Lipinski definition) is 5. The fourth-order valence-electron chi connectivity index (χ4n) is 2.56. The van der Waals surface area contributed by atoms with Gasteiger partial charge in [0, 0.05) is 31.7 Å². The Morgan fingerprint density at radius 3 is 2.43 bits per heavy atom. The van der Waals surface area contributed by atoms with E-state index >= 15 is 0 Å². The highest BCUT2D eigenvalue weighted by molar-refractivity contribution is 6.58. The summed E-state index contributed by atoms with van der Waals surface area (Å²) in [5, 5.41) is 18.1. The Kier molecular flexibility index (Phi) is 5.27. The van der Waals surface area contributed by atoms with Crippen LogP contribution in [-0.4, -0.2) is 72.3 Å². The summed E-state index contributed by atoms with van der Waals surface area (Å²) in [7, 11) is 0.747. The number of ether oxygens (including phenoxy) is 1. The van der Waals surface area contributed by atoms with Crippen LogP contribution in [0.4, 0.5) is 0 Å². The maximum atomic E-state index is 9.04. The molecule has 1 aliphatic rings. The molecule has 0 bridgehead atoms. The van der Waals surface area contributed by atoms with Crippen molar-refractivity contribution in [3.05, 3.63) is 24.3 Å². The van der Waals surface area contributed by atoms with E-state index in [-0.39, 0.29) is 5.54 Å². The van der Waals surface area contributed by atoms with E-state index in [4.69, 9.17) is 14.8 Å². The second-order valence-corrected chi connectivity index (χ2v) is 6.30. The van der Waals surface area contributed by atoms with Crippen molar-refractivity contribution < 1.29 is 14.8 Å². The lowest BCUT2D eigenvalue weighted by Gasteiger charge is -2.45. The smallest absolute Gasteiger partial charge is 0.488 e. The minimum Gasteiger partial charge on any atom is -0.492 e. The number of nitrogens with zero attached hydrogens (tertiary/aromatic N) is 2. The van der Waals surface area contributed by atoms with Gasteiger partial charge in [0.1, 0.15) is 12.4 Å². The van der Waals surface area contributed by atoms with Crippen LogP contribution in [-0.2, 0) is 0 Å². The summed E-state index contributed by atoms with van der Waals surface area (Å²) in [5.41, 5.74) is 0.681. The summed E-state index contributed by atoms with van der Waals surface area (Å²) in [4.78, 5) is 4.81. The van der Waals surface area contributed by atoms with Gasteiger partial charge in [-0.3, -0.25) is 9.80 Å². The second-order valence-electron chi connectivity index (χ2n) is 6.30. The summed E-state index contributed by atoms with van der Waals surface area (Å²) in [6.07, 6.45) is 0. The third kappa shape index (κ3) is 4.44. The molecule has 2 N–H and O–H groups in total. The van der Waals surface area contributed by atoms with E-state index in [9.17, 15) is 0 Å². The molecule has 0 amide bonds. The Hall–Kier alpha value is -1.08. The maximum Gasteiger partial charge on any atom is 0.488 e. The molecule has 1 saturated heterocycles. The van der Waals surface area contributed by atoms with E-state index < -0.39 is 7.12 Å². The third-order valence-corrected chi connectivity index (χ3v) is 4.25. The molecule has 0 saturated carbocycles. The fourth-order valence-corrected chi connectivity index (χ4v) is 2.56. The SMILES string of the molecule is CN1CCN(CCOc2ccc(B(O)O)cc2)CC1(C)C. The first-order valence-corrected chi connectivity index (χ1v) is 7.41. The number of hydrogen-bond donors (Lipinski definition) is 2. The summed E-state index contributed by atoms with van der Waals surface area (Å²) < 4.78 is 5.72. The van der Waals surface area contributed by atoms with E-state index in [2.05, 4.69) is 30.7 Å². The molecule has 2 rings (SSSR count). The van der Waals surface area contributed by atoms with Crippen LogP contribution in [0.15, 0.2) is 24.3 Å². The quantitative estimate of drug-likeness (QED) is 0.734. The predicted molar refractivity (Wildman–Crippen MR) is 84.9 cm³/mol. The molecule has 1 aliphatic heterocycles. The molecule has 0 spiro atoms. The number of benzene rings is 1. The average Bonchev–Trinajstić information content (AvgIpc) is 2.43. The summed E-state index contributed by atoms with van der Waals surface area (Å²) in [5.74, 6) is 0.757. The van der Waals surface area contributed by atoms with Crippen LogP contribution >= 0.6 is 0 Å². The highest BCUT2D eigenvalue weighted by Crippen LogP contribution is 2.18. The fraction of sp³-hybridized carbons (Fsp3) is 0.600. The van der Waals surface area contributed by atoms with Crippen LogP contribution in [0.5, 0.6) is 5.75 Å². The summed E-state index contributed by atoms with van der Waals surface area (Å²) in [6, 6.07) is 6.86. The molecule has 1 aromatic rings. The average molecular weight is 292 g/mol. The number of likely N-dealkylation sites (N-methyl/N-ethyl adjacent to an activating group) is 1. The normalized spacial score (nSPS) is 19.5. The molecule has 1 fully saturated rings. The molecule has 0 aliphatic carbocycles. The molecule has 1 aromatic carbocycles. The lowest BCUT2D eigenvalue weighted by molar-refractivity contribution is 0.0338. The van der Waals surface area contributed by atoms with Gasteiger partial charge >= 0.3 is 7.12 Å². The Morgan fingerprint density at radius 1 is 1.19 bits per heavy atom. The minimum atomic E-state index is -1.42. The van der Waals surface area contributed by atoms with Gasteiger partial charge in [0.15, 0.2) is 0 Å². The van der Waals surface area contributed by atoms with Gasteiger partial charge in [-0.15, -0.1) is 0 Å². The zero-order valence-electron chi connectivity index (χ0n) is 13.1. The first-order valence-electron chi connectivity index (χ1n) is 7.41. The molecule has 21 heavy (non-hydrogen) atoms. The lowest BCUT2D eigenvalue weighted by Crippen LogP contribution is -2.58. The van der Waals surface area contributed by atoms with Crippen LogP contribution in [0.3, 0.4) is 0 Å². The Morgan fingerprint density at radius 2 is 1.86 bits per heavy atom. The van der Waals surface area contributed by atoms with Gasteiger partial charge < -0.3 is 14.8 Å². The van der Waals surface area contributed by atoms with Crippen molar-refractivity contribution in [2.75, 3.05) is 39.8 Å². The van der Waals surface area contributed by atoms with E-state index in [1.165, 1.54) is 0 Å². The zero-order valence-corrected chi connectivity index (χ0v) is 13.1. The Bertz CT molecular complexity index is 451. The second kappa shape index (κ2) is 6.79. The van der Waals surface area contributed by atoms with Crippen molar-refractivity contribution in [3.8, 4) is 5.75 Å². The Balaban J connectivity index is 1.77.